The molecule has 0 radical (unpaired) electrons. The molecule has 0 spiro atoms. The van der Waals surface area contributed by atoms with E-state index >= 15 is 0 Å². The van der Waals surface area contributed by atoms with E-state index in [0.29, 0.717) is 24.3 Å². The number of benzene rings is 1. The van der Waals surface area contributed by atoms with E-state index in [-0.39, 0.29) is 5.91 Å². The predicted octanol–water partition coefficient (Wildman–Crippen LogP) is 5.15. The highest BCUT2D eigenvalue weighted by Gasteiger charge is 2.27. The molecule has 0 atom stereocenters. The average molecular weight is 435 g/mol. The van der Waals surface area contributed by atoms with Crippen molar-refractivity contribution in [2.75, 3.05) is 6.54 Å². The molecule has 3 aromatic heterocycles. The van der Waals surface area contributed by atoms with Crippen LogP contribution >= 0.6 is 11.3 Å². The number of nitrogens with zero attached hydrogens (tertiary/aromatic N) is 3. The number of amides is 1. The van der Waals surface area contributed by atoms with E-state index in [9.17, 15) is 4.79 Å². The number of hydrogen-bond acceptors (Lipinski definition) is 5. The number of para-hydroxylation sites is 1. The number of aryl methyl sites for hydroxylation is 1. The van der Waals surface area contributed by atoms with Gasteiger partial charge in [0.1, 0.15) is 6.54 Å². The van der Waals surface area contributed by atoms with Crippen molar-refractivity contribution in [1.82, 2.24) is 20.1 Å². The first-order valence-corrected chi connectivity index (χ1v) is 11.8. The molecule has 4 aromatic rings. The van der Waals surface area contributed by atoms with Gasteiger partial charge in [0, 0.05) is 34.6 Å². The maximum atomic E-state index is 12.6. The third-order valence-corrected chi connectivity index (χ3v) is 7.00. The molecule has 3 heterocycles. The first kappa shape index (κ1) is 20.0. The van der Waals surface area contributed by atoms with E-state index < -0.39 is 0 Å². The number of carbonyl (C=O) groups excluding carboxylic acids is 1. The molecule has 6 nitrogen and oxygen atoms in total. The van der Waals surface area contributed by atoms with Crippen molar-refractivity contribution in [3.05, 3.63) is 58.7 Å². The standard InChI is InChI=1S/C24H26N4O2S/c1-16-12-19-4-2-3-5-21(19)28(16)14-22(29)25-13-17-6-8-18(9-7-17)23-26-27-24(30-23)20-10-11-31-15-20/h2-5,10-12,15,17-18H,6-9,13-14H2,1H3,(H,25,29). The van der Waals surface area contributed by atoms with Crippen LogP contribution in [0.2, 0.25) is 0 Å². The fourth-order valence-electron chi connectivity index (χ4n) is 4.53. The Morgan fingerprint density at radius 3 is 2.84 bits per heavy atom. The van der Waals surface area contributed by atoms with Crippen molar-refractivity contribution in [1.29, 1.82) is 0 Å². The van der Waals surface area contributed by atoms with Gasteiger partial charge in [-0.1, -0.05) is 18.2 Å². The summed E-state index contributed by atoms with van der Waals surface area (Å²) in [6.45, 7) is 3.14. The number of fused-ring (bicyclic) bond motifs is 1. The zero-order valence-electron chi connectivity index (χ0n) is 17.6. The lowest BCUT2D eigenvalue weighted by Crippen LogP contribution is -2.33. The number of hydrogen-bond donors (Lipinski definition) is 1. The van der Waals surface area contributed by atoms with Crippen LogP contribution in [0.4, 0.5) is 0 Å². The largest absolute Gasteiger partial charge is 0.420 e. The lowest BCUT2D eigenvalue weighted by Gasteiger charge is -2.26. The average Bonchev–Trinajstić information content (AvgIpc) is 3.53. The fourth-order valence-corrected chi connectivity index (χ4v) is 5.16. The summed E-state index contributed by atoms with van der Waals surface area (Å²) in [6, 6.07) is 12.3. The van der Waals surface area contributed by atoms with Crippen LogP contribution in [0.1, 0.15) is 43.2 Å². The van der Waals surface area contributed by atoms with E-state index in [4.69, 9.17) is 4.42 Å². The number of rotatable bonds is 6. The molecule has 1 saturated carbocycles. The van der Waals surface area contributed by atoms with Crippen molar-refractivity contribution < 1.29 is 9.21 Å². The van der Waals surface area contributed by atoms with Crippen LogP contribution in [-0.2, 0) is 11.3 Å². The third-order valence-electron chi connectivity index (χ3n) is 6.31. The predicted molar refractivity (Wildman–Crippen MR) is 122 cm³/mol. The summed E-state index contributed by atoms with van der Waals surface area (Å²) in [4.78, 5) is 12.6. The second-order valence-corrected chi connectivity index (χ2v) is 9.19. The lowest BCUT2D eigenvalue weighted by atomic mass is 9.82. The van der Waals surface area contributed by atoms with Crippen LogP contribution in [0, 0.1) is 12.8 Å². The summed E-state index contributed by atoms with van der Waals surface area (Å²) >= 11 is 1.63. The number of aromatic nitrogens is 3. The van der Waals surface area contributed by atoms with Gasteiger partial charge >= 0.3 is 0 Å². The molecule has 1 N–H and O–H groups in total. The molecule has 1 aliphatic rings. The first-order valence-electron chi connectivity index (χ1n) is 10.8. The van der Waals surface area contributed by atoms with E-state index in [1.165, 1.54) is 5.39 Å². The highest BCUT2D eigenvalue weighted by Crippen LogP contribution is 2.36. The van der Waals surface area contributed by atoms with Crippen LogP contribution in [0.5, 0.6) is 0 Å². The molecule has 160 valence electrons. The summed E-state index contributed by atoms with van der Waals surface area (Å²) < 4.78 is 8.00. The molecule has 0 bridgehead atoms. The van der Waals surface area contributed by atoms with E-state index in [1.54, 1.807) is 11.3 Å². The van der Waals surface area contributed by atoms with Gasteiger partial charge in [-0.25, -0.2) is 0 Å². The minimum absolute atomic E-state index is 0.0730. The van der Waals surface area contributed by atoms with Crippen LogP contribution in [0.3, 0.4) is 0 Å². The van der Waals surface area contributed by atoms with Gasteiger partial charge in [0.15, 0.2) is 0 Å². The summed E-state index contributed by atoms with van der Waals surface area (Å²) in [5, 5.41) is 16.9. The minimum Gasteiger partial charge on any atom is -0.420 e. The highest BCUT2D eigenvalue weighted by atomic mass is 32.1. The monoisotopic (exact) mass is 434 g/mol. The summed E-state index contributed by atoms with van der Waals surface area (Å²) in [5.74, 6) is 2.25. The Morgan fingerprint density at radius 1 is 1.19 bits per heavy atom. The van der Waals surface area contributed by atoms with Gasteiger partial charge in [-0.15, -0.1) is 10.2 Å². The normalized spacial score (nSPS) is 19.0. The van der Waals surface area contributed by atoms with Crippen LogP contribution in [0.25, 0.3) is 22.4 Å². The molecule has 0 unspecified atom stereocenters. The molecule has 0 saturated heterocycles. The molecule has 7 heteroatoms. The van der Waals surface area contributed by atoms with Crippen molar-refractivity contribution in [3.63, 3.8) is 0 Å². The van der Waals surface area contributed by atoms with Gasteiger partial charge in [-0.3, -0.25) is 4.79 Å². The highest BCUT2D eigenvalue weighted by molar-refractivity contribution is 7.08. The lowest BCUT2D eigenvalue weighted by molar-refractivity contribution is -0.121. The Balaban J connectivity index is 1.12. The summed E-state index contributed by atoms with van der Waals surface area (Å²) in [5.41, 5.74) is 3.21. The SMILES string of the molecule is Cc1cc2ccccc2n1CC(=O)NCC1CCC(c2nnc(-c3ccsc3)o2)CC1. The molecule has 5 rings (SSSR count). The van der Waals surface area contributed by atoms with E-state index in [1.807, 2.05) is 29.0 Å². The Morgan fingerprint density at radius 2 is 2.03 bits per heavy atom. The quantitative estimate of drug-likeness (QED) is 0.455. The first-order chi connectivity index (χ1) is 15.2. The number of thiophene rings is 1. The second kappa shape index (κ2) is 8.67. The molecule has 1 amide bonds. The Hall–Kier alpha value is -2.93. The number of nitrogens with one attached hydrogen (secondary N) is 1. The molecule has 0 aliphatic heterocycles. The van der Waals surface area contributed by atoms with Gasteiger partial charge in [-0.2, -0.15) is 11.3 Å². The molecule has 1 fully saturated rings. The maximum absolute atomic E-state index is 12.6. The Kier molecular flexibility index (Phi) is 5.59. The Bertz CT molecular complexity index is 1170. The van der Waals surface area contributed by atoms with Crippen molar-refractivity contribution in [3.8, 4) is 11.5 Å². The summed E-state index contributed by atoms with van der Waals surface area (Å²) in [7, 11) is 0. The van der Waals surface area contributed by atoms with E-state index in [0.717, 1.165) is 54.9 Å². The zero-order chi connectivity index (χ0) is 21.2. The molecular formula is C24H26N4O2S. The minimum atomic E-state index is 0.0730. The van der Waals surface area contributed by atoms with Crippen molar-refractivity contribution >= 4 is 28.1 Å². The molecule has 31 heavy (non-hydrogen) atoms. The zero-order valence-corrected chi connectivity index (χ0v) is 18.4. The maximum Gasteiger partial charge on any atom is 0.248 e. The van der Waals surface area contributed by atoms with Crippen LogP contribution in [-0.4, -0.2) is 27.2 Å². The molecule has 1 aromatic carbocycles. The van der Waals surface area contributed by atoms with E-state index in [2.05, 4.69) is 45.2 Å². The Labute approximate surface area is 185 Å². The fraction of sp³-hybridized carbons (Fsp3) is 0.375. The van der Waals surface area contributed by atoms with Gasteiger partial charge < -0.3 is 14.3 Å². The molecular weight excluding hydrogens is 408 g/mol. The van der Waals surface area contributed by atoms with Gasteiger partial charge in [-0.05, 0) is 67.5 Å². The van der Waals surface area contributed by atoms with Crippen molar-refractivity contribution in [2.24, 2.45) is 5.92 Å². The second-order valence-electron chi connectivity index (χ2n) is 8.41. The number of carbonyl (C=O) groups is 1. The third kappa shape index (κ3) is 4.28. The smallest absolute Gasteiger partial charge is 0.248 e. The molecule has 1 aliphatic carbocycles. The van der Waals surface area contributed by atoms with Crippen LogP contribution in [0.15, 0.2) is 51.6 Å². The van der Waals surface area contributed by atoms with Gasteiger partial charge in [0.2, 0.25) is 17.7 Å². The van der Waals surface area contributed by atoms with Crippen LogP contribution < -0.4 is 5.32 Å². The van der Waals surface area contributed by atoms with Crippen molar-refractivity contribution in [2.45, 2.75) is 45.1 Å². The van der Waals surface area contributed by atoms with Gasteiger partial charge in [0.05, 0.1) is 0 Å². The summed E-state index contributed by atoms with van der Waals surface area (Å²) in [6.07, 6.45) is 4.17. The van der Waals surface area contributed by atoms with Gasteiger partial charge in [0.25, 0.3) is 0 Å². The topological polar surface area (TPSA) is 73.0 Å².